The summed E-state index contributed by atoms with van der Waals surface area (Å²) in [5.41, 5.74) is 0.581. The summed E-state index contributed by atoms with van der Waals surface area (Å²) in [5, 5.41) is 4.17. The minimum atomic E-state index is 0.0158. The molecule has 0 aromatic heterocycles. The second-order valence-corrected chi connectivity index (χ2v) is 7.13. The number of nitrogens with one attached hydrogen (secondary N) is 1. The van der Waals surface area contributed by atoms with Crippen molar-refractivity contribution >= 4 is 23.4 Å². The molecule has 6 heteroatoms. The molecule has 24 heavy (non-hydrogen) atoms. The Morgan fingerprint density at radius 2 is 1.88 bits per heavy atom. The van der Waals surface area contributed by atoms with Crippen molar-refractivity contribution in [2.24, 2.45) is 0 Å². The van der Waals surface area contributed by atoms with E-state index in [0.29, 0.717) is 29.1 Å². The van der Waals surface area contributed by atoms with E-state index in [-0.39, 0.29) is 11.8 Å². The number of likely N-dealkylation sites (tertiary alicyclic amines) is 2. The maximum Gasteiger partial charge on any atom is 0.255 e. The molecule has 2 aliphatic heterocycles. The first-order chi connectivity index (χ1) is 11.5. The average molecular weight is 350 g/mol. The summed E-state index contributed by atoms with van der Waals surface area (Å²) < 4.78 is 0. The van der Waals surface area contributed by atoms with E-state index in [9.17, 15) is 9.59 Å². The van der Waals surface area contributed by atoms with E-state index in [1.807, 2.05) is 24.1 Å². The molecule has 1 unspecified atom stereocenters. The highest BCUT2D eigenvalue weighted by atomic mass is 35.5. The SMILES string of the molecule is CN1CC(NC2CCN(C(=O)c3ccccc3Cl)CC2)CCC1=O. The predicted molar refractivity (Wildman–Crippen MR) is 94.2 cm³/mol. The summed E-state index contributed by atoms with van der Waals surface area (Å²) in [4.78, 5) is 27.8. The quantitative estimate of drug-likeness (QED) is 0.909. The zero-order chi connectivity index (χ0) is 17.1. The van der Waals surface area contributed by atoms with Crippen LogP contribution in [0.4, 0.5) is 0 Å². The lowest BCUT2D eigenvalue weighted by molar-refractivity contribution is -0.132. The molecule has 3 rings (SSSR count). The fourth-order valence-electron chi connectivity index (χ4n) is 3.54. The van der Waals surface area contributed by atoms with Crippen LogP contribution in [0.25, 0.3) is 0 Å². The van der Waals surface area contributed by atoms with Gasteiger partial charge in [-0.3, -0.25) is 9.59 Å². The van der Waals surface area contributed by atoms with E-state index < -0.39 is 0 Å². The Kier molecular flexibility index (Phi) is 5.41. The van der Waals surface area contributed by atoms with Gasteiger partial charge in [-0.05, 0) is 31.4 Å². The molecular formula is C18H24ClN3O2. The molecule has 2 fully saturated rings. The van der Waals surface area contributed by atoms with Crippen molar-refractivity contribution < 1.29 is 9.59 Å². The van der Waals surface area contributed by atoms with Crippen molar-refractivity contribution in [2.45, 2.75) is 37.8 Å². The fourth-order valence-corrected chi connectivity index (χ4v) is 3.75. The second kappa shape index (κ2) is 7.53. The van der Waals surface area contributed by atoms with Crippen LogP contribution in [-0.2, 0) is 4.79 Å². The summed E-state index contributed by atoms with van der Waals surface area (Å²) >= 11 is 6.13. The van der Waals surface area contributed by atoms with Gasteiger partial charge in [-0.15, -0.1) is 0 Å². The van der Waals surface area contributed by atoms with Crippen LogP contribution >= 0.6 is 11.6 Å². The number of rotatable bonds is 3. The van der Waals surface area contributed by atoms with Crippen molar-refractivity contribution in [3.8, 4) is 0 Å². The van der Waals surface area contributed by atoms with E-state index in [1.54, 1.807) is 17.0 Å². The number of likely N-dealkylation sites (N-methyl/N-ethyl adjacent to an activating group) is 1. The third-order valence-electron chi connectivity index (χ3n) is 4.98. The number of piperidine rings is 2. The van der Waals surface area contributed by atoms with Gasteiger partial charge in [-0.1, -0.05) is 23.7 Å². The van der Waals surface area contributed by atoms with Crippen LogP contribution in [0.3, 0.4) is 0 Å². The van der Waals surface area contributed by atoms with Gasteiger partial charge >= 0.3 is 0 Å². The van der Waals surface area contributed by atoms with Gasteiger partial charge in [0.25, 0.3) is 5.91 Å². The predicted octanol–water partition coefficient (Wildman–Crippen LogP) is 2.15. The molecular weight excluding hydrogens is 326 g/mol. The monoisotopic (exact) mass is 349 g/mol. The van der Waals surface area contributed by atoms with Crippen molar-refractivity contribution in [1.29, 1.82) is 0 Å². The van der Waals surface area contributed by atoms with Gasteiger partial charge in [0, 0.05) is 45.2 Å². The molecule has 2 amide bonds. The average Bonchev–Trinajstić information content (AvgIpc) is 2.59. The summed E-state index contributed by atoms with van der Waals surface area (Å²) in [5.74, 6) is 0.246. The summed E-state index contributed by atoms with van der Waals surface area (Å²) in [6.45, 7) is 2.25. The van der Waals surface area contributed by atoms with E-state index >= 15 is 0 Å². The lowest BCUT2D eigenvalue weighted by Gasteiger charge is -2.37. The van der Waals surface area contributed by atoms with Gasteiger partial charge in [-0.2, -0.15) is 0 Å². The van der Waals surface area contributed by atoms with Crippen molar-refractivity contribution in [1.82, 2.24) is 15.1 Å². The van der Waals surface area contributed by atoms with Crippen molar-refractivity contribution in [2.75, 3.05) is 26.7 Å². The van der Waals surface area contributed by atoms with Crippen molar-refractivity contribution in [3.05, 3.63) is 34.9 Å². The van der Waals surface area contributed by atoms with E-state index in [2.05, 4.69) is 5.32 Å². The molecule has 1 N–H and O–H groups in total. The van der Waals surface area contributed by atoms with Crippen LogP contribution in [-0.4, -0.2) is 60.4 Å². The number of halogens is 1. The largest absolute Gasteiger partial charge is 0.344 e. The maximum atomic E-state index is 12.6. The fraction of sp³-hybridized carbons (Fsp3) is 0.556. The van der Waals surface area contributed by atoms with Gasteiger partial charge in [0.2, 0.25) is 5.91 Å². The molecule has 2 heterocycles. The molecule has 1 aromatic carbocycles. The van der Waals surface area contributed by atoms with Gasteiger partial charge in [0.1, 0.15) is 0 Å². The van der Waals surface area contributed by atoms with Gasteiger partial charge < -0.3 is 15.1 Å². The van der Waals surface area contributed by atoms with Gasteiger partial charge in [0.05, 0.1) is 10.6 Å². The summed E-state index contributed by atoms with van der Waals surface area (Å²) in [6.07, 6.45) is 3.40. The van der Waals surface area contributed by atoms with E-state index in [0.717, 1.165) is 38.9 Å². The highest BCUT2D eigenvalue weighted by Crippen LogP contribution is 2.21. The molecule has 1 aromatic rings. The Hall–Kier alpha value is -1.59. The van der Waals surface area contributed by atoms with Gasteiger partial charge in [-0.25, -0.2) is 0 Å². The van der Waals surface area contributed by atoms with Crippen molar-refractivity contribution in [3.63, 3.8) is 0 Å². The van der Waals surface area contributed by atoms with E-state index in [4.69, 9.17) is 11.6 Å². The number of benzene rings is 1. The molecule has 2 aliphatic rings. The third-order valence-corrected chi connectivity index (χ3v) is 5.31. The molecule has 0 aliphatic carbocycles. The minimum Gasteiger partial charge on any atom is -0.344 e. The first-order valence-electron chi connectivity index (χ1n) is 8.58. The Labute approximate surface area is 147 Å². The van der Waals surface area contributed by atoms with Crippen LogP contribution < -0.4 is 5.32 Å². The molecule has 1 atom stereocenters. The molecule has 0 bridgehead atoms. The zero-order valence-corrected chi connectivity index (χ0v) is 14.8. The number of carbonyl (C=O) groups is 2. The van der Waals surface area contributed by atoms with Crippen LogP contribution in [0.1, 0.15) is 36.0 Å². The van der Waals surface area contributed by atoms with Crippen LogP contribution in [0, 0.1) is 0 Å². The van der Waals surface area contributed by atoms with E-state index in [1.165, 1.54) is 0 Å². The molecule has 0 saturated carbocycles. The first kappa shape index (κ1) is 17.2. The molecule has 2 saturated heterocycles. The summed E-state index contributed by atoms with van der Waals surface area (Å²) in [7, 11) is 1.86. The van der Waals surface area contributed by atoms with Crippen LogP contribution in [0.2, 0.25) is 5.02 Å². The Balaban J connectivity index is 1.50. The topological polar surface area (TPSA) is 52.6 Å². The Morgan fingerprint density at radius 3 is 2.54 bits per heavy atom. The number of hydrogen-bond acceptors (Lipinski definition) is 3. The number of hydrogen-bond donors (Lipinski definition) is 1. The van der Waals surface area contributed by atoms with Crippen LogP contribution in [0.15, 0.2) is 24.3 Å². The first-order valence-corrected chi connectivity index (χ1v) is 8.96. The molecule has 130 valence electrons. The minimum absolute atomic E-state index is 0.0158. The molecule has 5 nitrogen and oxygen atoms in total. The smallest absolute Gasteiger partial charge is 0.255 e. The van der Waals surface area contributed by atoms with Crippen LogP contribution in [0.5, 0.6) is 0 Å². The standard InChI is InChI=1S/C18H24ClN3O2/c1-21-12-14(6-7-17(21)23)20-13-8-10-22(11-9-13)18(24)15-4-2-3-5-16(15)19/h2-5,13-14,20H,6-12H2,1H3. The third kappa shape index (κ3) is 3.90. The number of carbonyl (C=O) groups excluding carboxylic acids is 2. The number of nitrogens with zero attached hydrogens (tertiary/aromatic N) is 2. The Morgan fingerprint density at radius 1 is 1.17 bits per heavy atom. The Bertz CT molecular complexity index is 614. The summed E-state index contributed by atoms with van der Waals surface area (Å²) in [6, 6.07) is 7.99. The van der Waals surface area contributed by atoms with Gasteiger partial charge in [0.15, 0.2) is 0 Å². The lowest BCUT2D eigenvalue weighted by atomic mass is 9.99. The normalized spacial score (nSPS) is 22.8. The molecule has 0 spiro atoms. The molecule has 0 radical (unpaired) electrons. The highest BCUT2D eigenvalue weighted by Gasteiger charge is 2.28. The number of amides is 2. The lowest BCUT2D eigenvalue weighted by Crippen LogP contribution is -2.53. The second-order valence-electron chi connectivity index (χ2n) is 6.72. The maximum absolute atomic E-state index is 12.6. The zero-order valence-electron chi connectivity index (χ0n) is 14.0. The highest BCUT2D eigenvalue weighted by molar-refractivity contribution is 6.33.